The molecule has 112 valence electrons. The van der Waals surface area contributed by atoms with E-state index < -0.39 is 16.0 Å². The Kier molecular flexibility index (Phi) is 5.28. The number of sulfonamides is 1. The molecule has 9 heteroatoms. The van der Waals surface area contributed by atoms with Gasteiger partial charge in [0.1, 0.15) is 10.6 Å². The van der Waals surface area contributed by atoms with Crippen molar-refractivity contribution in [1.82, 2.24) is 14.6 Å². The van der Waals surface area contributed by atoms with E-state index in [9.17, 15) is 18.0 Å². The maximum atomic E-state index is 11.9. The summed E-state index contributed by atoms with van der Waals surface area (Å²) in [6.07, 6.45) is 1.41. The molecule has 0 aliphatic rings. The van der Waals surface area contributed by atoms with E-state index >= 15 is 0 Å². The molecule has 0 bridgehead atoms. The van der Waals surface area contributed by atoms with E-state index in [1.807, 2.05) is 0 Å². The van der Waals surface area contributed by atoms with E-state index in [0.717, 1.165) is 0 Å². The minimum atomic E-state index is -3.75. The Labute approximate surface area is 116 Å². The zero-order valence-electron chi connectivity index (χ0n) is 11.2. The molecule has 1 aromatic heterocycles. The number of rotatable bonds is 7. The van der Waals surface area contributed by atoms with Gasteiger partial charge in [-0.2, -0.15) is 0 Å². The van der Waals surface area contributed by atoms with Crippen LogP contribution in [-0.4, -0.2) is 43.6 Å². The first kappa shape index (κ1) is 16.2. The van der Waals surface area contributed by atoms with Crippen molar-refractivity contribution < 1.29 is 23.1 Å². The van der Waals surface area contributed by atoms with Crippen molar-refractivity contribution in [2.75, 3.05) is 13.6 Å². The third-order valence-electron chi connectivity index (χ3n) is 2.61. The quantitative estimate of drug-likeness (QED) is 0.588. The molecule has 0 saturated carbocycles. The summed E-state index contributed by atoms with van der Waals surface area (Å²) in [6.45, 7) is 0.0266. The summed E-state index contributed by atoms with van der Waals surface area (Å²) in [4.78, 5) is 21.8. The van der Waals surface area contributed by atoms with Gasteiger partial charge in [0.2, 0.25) is 10.0 Å². The van der Waals surface area contributed by atoms with E-state index in [4.69, 9.17) is 5.11 Å². The molecule has 0 aliphatic heterocycles. The zero-order valence-corrected chi connectivity index (χ0v) is 12.0. The average molecular weight is 303 g/mol. The zero-order chi connectivity index (χ0) is 15.3. The Morgan fingerprint density at radius 2 is 2.05 bits per heavy atom. The van der Waals surface area contributed by atoms with Crippen molar-refractivity contribution in [3.05, 3.63) is 18.0 Å². The number of carbonyl (C=O) groups excluding carboxylic acids is 1. The van der Waals surface area contributed by atoms with Crippen LogP contribution in [0.15, 0.2) is 17.2 Å². The van der Waals surface area contributed by atoms with Crippen LogP contribution < -0.4 is 10.0 Å². The molecule has 1 heterocycles. The molecule has 3 N–H and O–H groups in total. The van der Waals surface area contributed by atoms with Crippen LogP contribution in [0.1, 0.15) is 23.3 Å². The van der Waals surface area contributed by atoms with E-state index in [2.05, 4.69) is 10.0 Å². The molecule has 1 rings (SSSR count). The fraction of sp³-hybridized carbons (Fsp3) is 0.455. The minimum absolute atomic E-state index is 0.0266. The second-order valence-corrected chi connectivity index (χ2v) is 5.91. The number of aryl methyl sites for hydroxylation is 1. The van der Waals surface area contributed by atoms with E-state index in [0.29, 0.717) is 0 Å². The Bertz CT molecular complexity index is 606. The number of aromatic nitrogens is 1. The molecule has 1 amide bonds. The van der Waals surface area contributed by atoms with Gasteiger partial charge in [-0.3, -0.25) is 9.59 Å². The predicted octanol–water partition coefficient (Wildman–Crippen LogP) is -0.472. The van der Waals surface area contributed by atoms with Crippen LogP contribution in [0.2, 0.25) is 0 Å². The first-order chi connectivity index (χ1) is 9.27. The molecule has 20 heavy (non-hydrogen) atoms. The van der Waals surface area contributed by atoms with Gasteiger partial charge in [-0.25, -0.2) is 13.1 Å². The maximum absolute atomic E-state index is 11.9. The number of amides is 1. The van der Waals surface area contributed by atoms with E-state index in [1.54, 1.807) is 7.05 Å². The molecular formula is C11H17N3O5S. The molecule has 0 atom stereocenters. The van der Waals surface area contributed by atoms with E-state index in [-0.39, 0.29) is 35.9 Å². The van der Waals surface area contributed by atoms with Crippen LogP contribution in [0.3, 0.4) is 0 Å². The standard InChI is InChI=1S/C11H17N3O5S/c1-12-11(17)9-6-8(7-14(9)2)20(18,19)13-5-3-4-10(15)16/h6-7,13H,3-5H2,1-2H3,(H,12,17)(H,15,16). The first-order valence-electron chi connectivity index (χ1n) is 5.88. The molecule has 0 radical (unpaired) electrons. The van der Waals surface area contributed by atoms with Crippen molar-refractivity contribution in [1.29, 1.82) is 0 Å². The van der Waals surface area contributed by atoms with Gasteiger partial charge in [0.15, 0.2) is 0 Å². The largest absolute Gasteiger partial charge is 0.481 e. The number of nitrogens with zero attached hydrogens (tertiary/aromatic N) is 1. The summed E-state index contributed by atoms with van der Waals surface area (Å²) in [5.74, 6) is -1.37. The topological polar surface area (TPSA) is 118 Å². The molecule has 0 fully saturated rings. The number of nitrogens with one attached hydrogen (secondary N) is 2. The highest BCUT2D eigenvalue weighted by atomic mass is 32.2. The number of hydrogen-bond acceptors (Lipinski definition) is 4. The summed E-state index contributed by atoms with van der Waals surface area (Å²) in [6, 6.07) is 1.26. The van der Waals surface area contributed by atoms with Crippen molar-refractivity contribution in [2.45, 2.75) is 17.7 Å². The van der Waals surface area contributed by atoms with Gasteiger partial charge >= 0.3 is 5.97 Å². The number of carbonyl (C=O) groups is 2. The van der Waals surface area contributed by atoms with Crippen LogP contribution in [-0.2, 0) is 21.9 Å². The van der Waals surface area contributed by atoms with E-state index in [1.165, 1.54) is 23.9 Å². The lowest BCUT2D eigenvalue weighted by Gasteiger charge is -2.03. The smallest absolute Gasteiger partial charge is 0.303 e. The van der Waals surface area contributed by atoms with Crippen LogP contribution in [0.25, 0.3) is 0 Å². The van der Waals surface area contributed by atoms with Gasteiger partial charge in [0.05, 0.1) is 0 Å². The third kappa shape index (κ3) is 4.07. The molecular weight excluding hydrogens is 286 g/mol. The Balaban J connectivity index is 2.78. The third-order valence-corrected chi connectivity index (χ3v) is 4.04. The monoisotopic (exact) mass is 303 g/mol. The second-order valence-electron chi connectivity index (χ2n) is 4.15. The number of aliphatic carboxylic acids is 1. The van der Waals surface area contributed by atoms with Crippen LogP contribution >= 0.6 is 0 Å². The predicted molar refractivity (Wildman–Crippen MR) is 70.9 cm³/mol. The summed E-state index contributed by atoms with van der Waals surface area (Å²) in [5, 5.41) is 10.9. The number of hydrogen-bond donors (Lipinski definition) is 3. The summed E-state index contributed by atoms with van der Waals surface area (Å²) >= 11 is 0. The molecule has 0 aromatic carbocycles. The number of carboxylic acids is 1. The number of carboxylic acid groups (broad SMARTS) is 1. The van der Waals surface area contributed by atoms with Crippen molar-refractivity contribution in [3.63, 3.8) is 0 Å². The molecule has 0 unspecified atom stereocenters. The molecule has 1 aromatic rings. The summed E-state index contributed by atoms with van der Waals surface area (Å²) in [7, 11) is -0.730. The summed E-state index contributed by atoms with van der Waals surface area (Å²) < 4.78 is 27.6. The van der Waals surface area contributed by atoms with Crippen molar-refractivity contribution in [3.8, 4) is 0 Å². The van der Waals surface area contributed by atoms with Gasteiger partial charge in [0, 0.05) is 33.3 Å². The Morgan fingerprint density at radius 1 is 1.40 bits per heavy atom. The molecule has 0 spiro atoms. The van der Waals surface area contributed by atoms with Crippen LogP contribution in [0, 0.1) is 0 Å². The minimum Gasteiger partial charge on any atom is -0.481 e. The van der Waals surface area contributed by atoms with Crippen molar-refractivity contribution >= 4 is 21.9 Å². The fourth-order valence-electron chi connectivity index (χ4n) is 1.56. The van der Waals surface area contributed by atoms with Crippen LogP contribution in [0.5, 0.6) is 0 Å². The summed E-state index contributed by atoms with van der Waals surface area (Å²) in [5.41, 5.74) is 0.221. The van der Waals surface area contributed by atoms with Gasteiger partial charge in [0.25, 0.3) is 5.91 Å². The normalized spacial score (nSPS) is 11.3. The Morgan fingerprint density at radius 3 is 2.60 bits per heavy atom. The average Bonchev–Trinajstić information content (AvgIpc) is 2.76. The van der Waals surface area contributed by atoms with Crippen molar-refractivity contribution in [2.24, 2.45) is 7.05 Å². The molecule has 0 saturated heterocycles. The highest BCUT2D eigenvalue weighted by molar-refractivity contribution is 7.89. The molecule has 8 nitrogen and oxygen atoms in total. The SMILES string of the molecule is CNC(=O)c1cc(S(=O)(=O)NCCCC(=O)O)cn1C. The van der Waals surface area contributed by atoms with Gasteiger partial charge in [-0.05, 0) is 12.5 Å². The highest BCUT2D eigenvalue weighted by Gasteiger charge is 2.19. The molecule has 0 aliphatic carbocycles. The highest BCUT2D eigenvalue weighted by Crippen LogP contribution is 2.13. The fourth-order valence-corrected chi connectivity index (χ4v) is 2.71. The van der Waals surface area contributed by atoms with Crippen LogP contribution in [0.4, 0.5) is 0 Å². The Hall–Kier alpha value is -1.87. The lowest BCUT2D eigenvalue weighted by molar-refractivity contribution is -0.137. The first-order valence-corrected chi connectivity index (χ1v) is 7.36. The van der Waals surface area contributed by atoms with Gasteiger partial charge < -0.3 is 15.0 Å². The van der Waals surface area contributed by atoms with Gasteiger partial charge in [-0.15, -0.1) is 0 Å². The lowest BCUT2D eigenvalue weighted by Crippen LogP contribution is -2.25. The van der Waals surface area contributed by atoms with Gasteiger partial charge in [-0.1, -0.05) is 0 Å². The lowest BCUT2D eigenvalue weighted by atomic mass is 10.3. The maximum Gasteiger partial charge on any atom is 0.303 e. The second kappa shape index (κ2) is 6.53.